The average Bonchev–Trinajstić information content (AvgIpc) is 3.16. The van der Waals surface area contributed by atoms with Gasteiger partial charge in [-0.3, -0.25) is 0 Å². The predicted octanol–water partition coefficient (Wildman–Crippen LogP) is 7.09. The molecule has 2 nitrogen and oxygen atoms in total. The zero-order chi connectivity index (χ0) is 18.3. The normalized spacial score (nSPS) is 12.0. The van der Waals surface area contributed by atoms with Crippen LogP contribution in [-0.2, 0) is 12.8 Å². The lowest BCUT2D eigenvalue weighted by atomic mass is 10.1. The number of hydrogen-bond acceptors (Lipinski definition) is 2. The smallest absolute Gasteiger partial charge is 0.135 e. The van der Waals surface area contributed by atoms with Gasteiger partial charge in [-0.05, 0) is 74.2 Å². The third kappa shape index (κ3) is 2.76. The summed E-state index contributed by atoms with van der Waals surface area (Å²) in [6, 6.07) is 12.9. The second kappa shape index (κ2) is 6.53. The van der Waals surface area contributed by atoms with Gasteiger partial charge in [0.1, 0.15) is 22.7 Å². The largest absolute Gasteiger partial charge is 0.456 e. The lowest BCUT2D eigenvalue weighted by Crippen LogP contribution is -1.79. The van der Waals surface area contributed by atoms with Gasteiger partial charge < -0.3 is 8.83 Å². The highest BCUT2D eigenvalue weighted by molar-refractivity contribution is 5.89. The zero-order valence-corrected chi connectivity index (χ0v) is 15.8. The Kier molecular flexibility index (Phi) is 4.20. The van der Waals surface area contributed by atoms with Crippen LogP contribution in [-0.4, -0.2) is 0 Å². The maximum Gasteiger partial charge on any atom is 0.135 e. The summed E-state index contributed by atoms with van der Waals surface area (Å²) < 4.78 is 12.1. The molecular weight excluding hydrogens is 320 g/mol. The van der Waals surface area contributed by atoms with Crippen molar-refractivity contribution in [2.24, 2.45) is 0 Å². The van der Waals surface area contributed by atoms with E-state index in [1.54, 1.807) is 0 Å². The van der Waals surface area contributed by atoms with Gasteiger partial charge in [0.25, 0.3) is 0 Å². The van der Waals surface area contributed by atoms with Gasteiger partial charge in [-0.15, -0.1) is 0 Å². The second-order valence-electron chi connectivity index (χ2n) is 6.88. The minimum atomic E-state index is 0.891. The third-order valence-electron chi connectivity index (χ3n) is 5.28. The molecule has 0 atom stereocenters. The Morgan fingerprint density at radius 1 is 0.692 bits per heavy atom. The van der Waals surface area contributed by atoms with E-state index >= 15 is 0 Å². The molecule has 26 heavy (non-hydrogen) atoms. The van der Waals surface area contributed by atoms with Gasteiger partial charge >= 0.3 is 0 Å². The van der Waals surface area contributed by atoms with E-state index < -0.39 is 0 Å². The van der Waals surface area contributed by atoms with E-state index in [0.29, 0.717) is 0 Å². The van der Waals surface area contributed by atoms with Crippen LogP contribution in [0, 0.1) is 13.8 Å². The SMILES string of the molecule is CCc1ccc2oc(/C=C\c3oc4ccc(CC)cc4c3C)c(C)c2c1. The zero-order valence-electron chi connectivity index (χ0n) is 15.8. The first-order valence-corrected chi connectivity index (χ1v) is 9.32. The molecule has 0 N–H and O–H groups in total. The standard InChI is InChI=1S/C24H24O2/c1-5-17-7-9-23-19(13-17)15(3)21(25-23)11-12-22-16(4)20-14-18(6-2)8-10-24(20)26-22/h7-14H,5-6H2,1-4H3/b12-11-. The molecule has 0 saturated carbocycles. The monoisotopic (exact) mass is 344 g/mol. The van der Waals surface area contributed by atoms with E-state index in [9.17, 15) is 0 Å². The molecule has 0 spiro atoms. The summed E-state index contributed by atoms with van der Waals surface area (Å²) in [5.74, 6) is 1.78. The summed E-state index contributed by atoms with van der Waals surface area (Å²) in [5.41, 5.74) is 6.89. The number of hydrogen-bond donors (Lipinski definition) is 0. The van der Waals surface area contributed by atoms with E-state index in [4.69, 9.17) is 8.83 Å². The van der Waals surface area contributed by atoms with Crippen LogP contribution in [0.25, 0.3) is 34.1 Å². The van der Waals surface area contributed by atoms with E-state index in [1.165, 1.54) is 33.0 Å². The van der Waals surface area contributed by atoms with Crippen molar-refractivity contribution in [1.82, 2.24) is 0 Å². The predicted molar refractivity (Wildman–Crippen MR) is 110 cm³/mol. The van der Waals surface area contributed by atoms with Crippen molar-refractivity contribution in [2.75, 3.05) is 0 Å². The van der Waals surface area contributed by atoms with Gasteiger partial charge in [-0.2, -0.15) is 0 Å². The highest BCUT2D eigenvalue weighted by Crippen LogP contribution is 2.30. The summed E-state index contributed by atoms with van der Waals surface area (Å²) in [6.45, 7) is 8.57. The maximum atomic E-state index is 6.04. The molecule has 0 aliphatic heterocycles. The Morgan fingerprint density at radius 2 is 1.12 bits per heavy atom. The van der Waals surface area contributed by atoms with Gasteiger partial charge in [-0.1, -0.05) is 26.0 Å². The van der Waals surface area contributed by atoms with Crippen molar-refractivity contribution < 1.29 is 8.83 Å². The Hall–Kier alpha value is -2.74. The number of fused-ring (bicyclic) bond motifs is 2. The number of aryl methyl sites for hydroxylation is 4. The average molecular weight is 344 g/mol. The van der Waals surface area contributed by atoms with Gasteiger partial charge in [0.15, 0.2) is 0 Å². The van der Waals surface area contributed by atoms with Gasteiger partial charge in [0.2, 0.25) is 0 Å². The summed E-state index contributed by atoms with van der Waals surface area (Å²) in [6.07, 6.45) is 6.10. The van der Waals surface area contributed by atoms with Crippen molar-refractivity contribution in [3.8, 4) is 0 Å². The Bertz CT molecular complexity index is 1030. The topological polar surface area (TPSA) is 26.3 Å². The molecule has 4 rings (SSSR count). The molecule has 0 unspecified atom stereocenters. The van der Waals surface area contributed by atoms with Crippen molar-refractivity contribution in [1.29, 1.82) is 0 Å². The Balaban J connectivity index is 1.74. The second-order valence-corrected chi connectivity index (χ2v) is 6.88. The summed E-state index contributed by atoms with van der Waals surface area (Å²) in [4.78, 5) is 0. The van der Waals surface area contributed by atoms with Crippen LogP contribution in [0.1, 0.15) is 47.6 Å². The molecule has 0 radical (unpaired) electrons. The first-order chi connectivity index (χ1) is 12.6. The van der Waals surface area contributed by atoms with Crippen LogP contribution in [0.3, 0.4) is 0 Å². The number of benzene rings is 2. The van der Waals surface area contributed by atoms with Crippen LogP contribution >= 0.6 is 0 Å². The number of furan rings is 2. The first-order valence-electron chi connectivity index (χ1n) is 9.32. The third-order valence-corrected chi connectivity index (χ3v) is 5.28. The van der Waals surface area contributed by atoms with Gasteiger partial charge in [-0.25, -0.2) is 0 Å². The highest BCUT2D eigenvalue weighted by Gasteiger charge is 2.11. The summed E-state index contributed by atoms with van der Waals surface area (Å²) >= 11 is 0. The van der Waals surface area contributed by atoms with E-state index in [1.807, 2.05) is 12.2 Å². The molecule has 0 amide bonds. The fraction of sp³-hybridized carbons (Fsp3) is 0.250. The van der Waals surface area contributed by atoms with Crippen LogP contribution in [0.4, 0.5) is 0 Å². The minimum Gasteiger partial charge on any atom is -0.456 e. The van der Waals surface area contributed by atoms with Crippen LogP contribution in [0.15, 0.2) is 45.2 Å². The molecule has 2 aromatic heterocycles. The van der Waals surface area contributed by atoms with Gasteiger partial charge in [0, 0.05) is 21.9 Å². The Morgan fingerprint density at radius 3 is 1.50 bits per heavy atom. The number of rotatable bonds is 4. The molecule has 2 aromatic carbocycles. The van der Waals surface area contributed by atoms with E-state index in [2.05, 4.69) is 64.1 Å². The lowest BCUT2D eigenvalue weighted by molar-refractivity contribution is 0.596. The summed E-state index contributed by atoms with van der Waals surface area (Å²) in [7, 11) is 0. The molecule has 0 aliphatic carbocycles. The van der Waals surface area contributed by atoms with E-state index in [0.717, 1.165) is 35.5 Å². The van der Waals surface area contributed by atoms with Crippen molar-refractivity contribution in [3.05, 3.63) is 70.2 Å². The van der Waals surface area contributed by atoms with Crippen LogP contribution < -0.4 is 0 Å². The highest BCUT2D eigenvalue weighted by atomic mass is 16.3. The lowest BCUT2D eigenvalue weighted by Gasteiger charge is -1.95. The quantitative estimate of drug-likeness (QED) is 0.395. The van der Waals surface area contributed by atoms with Gasteiger partial charge in [0.05, 0.1) is 0 Å². The molecule has 2 heterocycles. The summed E-state index contributed by atoms with van der Waals surface area (Å²) in [5, 5.41) is 2.39. The van der Waals surface area contributed by atoms with E-state index in [-0.39, 0.29) is 0 Å². The molecule has 4 aromatic rings. The molecule has 0 bridgehead atoms. The maximum absolute atomic E-state index is 6.04. The fourth-order valence-corrected chi connectivity index (χ4v) is 3.48. The molecular formula is C24H24O2. The van der Waals surface area contributed by atoms with Crippen molar-refractivity contribution >= 4 is 34.1 Å². The molecule has 132 valence electrons. The van der Waals surface area contributed by atoms with Crippen molar-refractivity contribution in [3.63, 3.8) is 0 Å². The van der Waals surface area contributed by atoms with Crippen LogP contribution in [0.5, 0.6) is 0 Å². The van der Waals surface area contributed by atoms with Crippen LogP contribution in [0.2, 0.25) is 0 Å². The molecule has 0 aliphatic rings. The molecule has 0 fully saturated rings. The fourth-order valence-electron chi connectivity index (χ4n) is 3.48. The molecule has 2 heteroatoms. The molecule has 0 saturated heterocycles. The minimum absolute atomic E-state index is 0.891. The first kappa shape index (κ1) is 16.7. The van der Waals surface area contributed by atoms with Crippen molar-refractivity contribution in [2.45, 2.75) is 40.5 Å². The Labute approximate surface area is 154 Å².